The molecule has 2 aliphatic heterocycles. The van der Waals surface area contributed by atoms with Crippen LogP contribution in [0.1, 0.15) is 42.1 Å². The number of aliphatic carboxylic acids is 1. The predicted molar refractivity (Wildman–Crippen MR) is 141 cm³/mol. The van der Waals surface area contributed by atoms with Crippen molar-refractivity contribution in [2.75, 3.05) is 20.7 Å². The molecule has 2 heterocycles. The fraction of sp³-hybridized carbons (Fsp3) is 0.433. The van der Waals surface area contributed by atoms with Crippen LogP contribution in [0.4, 0.5) is 0 Å². The summed E-state index contributed by atoms with van der Waals surface area (Å²) in [6.07, 6.45) is -2.22. The summed E-state index contributed by atoms with van der Waals surface area (Å²) in [5, 5.41) is 32.3. The van der Waals surface area contributed by atoms with E-state index < -0.39 is 53.7 Å². The van der Waals surface area contributed by atoms with Gasteiger partial charge in [0.25, 0.3) is 0 Å². The fourth-order valence-electron chi connectivity index (χ4n) is 7.08. The molecule has 4 aliphatic rings. The van der Waals surface area contributed by atoms with Crippen LogP contribution >= 0.6 is 0 Å². The average Bonchev–Trinajstić information content (AvgIpc) is 3.31. The molecule has 0 saturated carbocycles. The van der Waals surface area contributed by atoms with Crippen LogP contribution in [0.15, 0.2) is 54.3 Å². The summed E-state index contributed by atoms with van der Waals surface area (Å²) >= 11 is 0. The van der Waals surface area contributed by atoms with Crippen molar-refractivity contribution in [3.63, 3.8) is 0 Å². The lowest BCUT2D eigenvalue weighted by atomic mass is 9.50. The van der Waals surface area contributed by atoms with Crippen LogP contribution in [0.5, 0.6) is 11.5 Å². The molecule has 41 heavy (non-hydrogen) atoms. The van der Waals surface area contributed by atoms with Crippen LogP contribution in [-0.4, -0.2) is 82.7 Å². The van der Waals surface area contributed by atoms with Crippen LogP contribution in [0, 0.1) is 0 Å². The molecule has 2 aromatic carbocycles. The zero-order valence-electron chi connectivity index (χ0n) is 22.6. The first-order valence-electron chi connectivity index (χ1n) is 13.5. The third-order valence-electron chi connectivity index (χ3n) is 8.98. The number of rotatable bonds is 8. The van der Waals surface area contributed by atoms with Crippen LogP contribution in [0.25, 0.3) is 0 Å². The molecule has 0 amide bonds. The fourth-order valence-corrected chi connectivity index (χ4v) is 7.08. The van der Waals surface area contributed by atoms with Crippen LogP contribution in [0.2, 0.25) is 0 Å². The molecule has 1 fully saturated rings. The number of esters is 2. The summed E-state index contributed by atoms with van der Waals surface area (Å²) < 4.78 is 22.7. The number of carbonyl (C=O) groups excluding carboxylic acids is 2. The van der Waals surface area contributed by atoms with Gasteiger partial charge in [0.15, 0.2) is 23.7 Å². The molecule has 2 bridgehead atoms. The number of aliphatic hydroxyl groups excluding tert-OH is 1. The number of benzene rings is 2. The van der Waals surface area contributed by atoms with Crippen LogP contribution in [0.3, 0.4) is 0 Å². The molecule has 3 N–H and O–H groups in total. The molecule has 216 valence electrons. The number of hydrogen-bond acceptors (Lipinski definition) is 10. The number of carbonyl (C=O) groups is 3. The Hall–Kier alpha value is -3.93. The summed E-state index contributed by atoms with van der Waals surface area (Å²) in [6, 6.07) is 11.5. The van der Waals surface area contributed by atoms with Gasteiger partial charge in [0, 0.05) is 23.6 Å². The summed E-state index contributed by atoms with van der Waals surface area (Å²) in [6.45, 7) is 0.685. The van der Waals surface area contributed by atoms with Crippen molar-refractivity contribution < 1.29 is 48.7 Å². The van der Waals surface area contributed by atoms with Crippen molar-refractivity contribution in [2.45, 2.75) is 61.1 Å². The van der Waals surface area contributed by atoms with Crippen molar-refractivity contribution in [1.29, 1.82) is 0 Å². The van der Waals surface area contributed by atoms with Crippen molar-refractivity contribution in [2.24, 2.45) is 0 Å². The number of hydrogen-bond donors (Lipinski definition) is 3. The number of carboxylic acid groups (broad SMARTS) is 1. The van der Waals surface area contributed by atoms with Gasteiger partial charge in [-0.3, -0.25) is 4.79 Å². The van der Waals surface area contributed by atoms with Crippen molar-refractivity contribution in [1.82, 2.24) is 4.90 Å². The highest BCUT2D eigenvalue weighted by atomic mass is 16.6. The minimum Gasteiger partial charge on any atom is -0.493 e. The Morgan fingerprint density at radius 3 is 2.63 bits per heavy atom. The molecule has 0 unspecified atom stereocenters. The molecule has 6 rings (SSSR count). The topological polar surface area (TPSA) is 152 Å². The number of likely N-dealkylation sites (N-methyl/N-ethyl adjacent to an activating group) is 1. The van der Waals surface area contributed by atoms with Gasteiger partial charge < -0.3 is 39.2 Å². The largest absolute Gasteiger partial charge is 0.493 e. The normalized spacial score (nSPS) is 28.8. The second-order valence-electron chi connectivity index (χ2n) is 11.0. The second-order valence-corrected chi connectivity index (χ2v) is 11.0. The number of nitrogens with zero attached hydrogens (tertiary/aromatic N) is 1. The standard InChI is InChI=1S/C30H31NO10/c1-31-13-12-29-23-17-8-9-19(38-2)25(23)41-26(29)20(10-11-30(29,37)21(31)14-17)39-28(36)18(32)15-22(33)40-24(27(34)35)16-6-4-3-5-7-16/h3-10,18,21,24,26,32,37H,11-15H2,1-2H3,(H,34,35)/t18-,21+,24-,26-,29-,30+/m0/s1. The Labute approximate surface area is 235 Å². The average molecular weight is 566 g/mol. The Morgan fingerprint density at radius 2 is 1.93 bits per heavy atom. The van der Waals surface area contributed by atoms with E-state index in [9.17, 15) is 29.7 Å². The van der Waals surface area contributed by atoms with Crippen molar-refractivity contribution >= 4 is 17.9 Å². The van der Waals surface area contributed by atoms with Gasteiger partial charge in [-0.15, -0.1) is 0 Å². The van der Waals surface area contributed by atoms with E-state index in [-0.39, 0.29) is 23.8 Å². The Morgan fingerprint density at radius 1 is 1.17 bits per heavy atom. The molecule has 11 heteroatoms. The molecule has 1 spiro atoms. The van der Waals surface area contributed by atoms with Gasteiger partial charge in [-0.2, -0.15) is 0 Å². The Kier molecular flexibility index (Phi) is 6.55. The number of piperidine rings is 1. The van der Waals surface area contributed by atoms with E-state index in [1.807, 2.05) is 19.2 Å². The minimum absolute atomic E-state index is 0.134. The van der Waals surface area contributed by atoms with Crippen molar-refractivity contribution in [3.05, 3.63) is 71.0 Å². The molecule has 0 radical (unpaired) electrons. The molecule has 11 nitrogen and oxygen atoms in total. The van der Waals surface area contributed by atoms with E-state index in [1.54, 1.807) is 24.3 Å². The van der Waals surface area contributed by atoms with Gasteiger partial charge >= 0.3 is 17.9 Å². The van der Waals surface area contributed by atoms with E-state index in [0.29, 0.717) is 30.9 Å². The molecular formula is C30H31NO10. The summed E-state index contributed by atoms with van der Waals surface area (Å²) in [5.41, 5.74) is 0.0320. The Balaban J connectivity index is 1.23. The van der Waals surface area contributed by atoms with Gasteiger partial charge in [0.1, 0.15) is 5.76 Å². The summed E-state index contributed by atoms with van der Waals surface area (Å²) in [4.78, 5) is 39.3. The molecular weight excluding hydrogens is 534 g/mol. The van der Waals surface area contributed by atoms with E-state index in [1.165, 1.54) is 19.2 Å². The maximum atomic E-state index is 13.0. The predicted octanol–water partition coefficient (Wildman–Crippen LogP) is 1.64. The monoisotopic (exact) mass is 565 g/mol. The number of ether oxygens (including phenoxy) is 4. The number of carboxylic acids is 1. The van der Waals surface area contributed by atoms with E-state index >= 15 is 0 Å². The minimum atomic E-state index is -1.92. The van der Waals surface area contributed by atoms with Crippen LogP contribution < -0.4 is 9.47 Å². The maximum absolute atomic E-state index is 13.0. The van der Waals surface area contributed by atoms with Crippen LogP contribution in [-0.2, 0) is 35.7 Å². The second kappa shape index (κ2) is 9.86. The highest BCUT2D eigenvalue weighted by Crippen LogP contribution is 2.65. The highest BCUT2D eigenvalue weighted by molar-refractivity contribution is 5.84. The smallest absolute Gasteiger partial charge is 0.349 e. The third-order valence-corrected chi connectivity index (χ3v) is 8.98. The lowest BCUT2D eigenvalue weighted by molar-refractivity contribution is -0.174. The highest BCUT2D eigenvalue weighted by Gasteiger charge is 2.72. The maximum Gasteiger partial charge on any atom is 0.349 e. The molecule has 6 atom stereocenters. The van der Waals surface area contributed by atoms with Crippen molar-refractivity contribution in [3.8, 4) is 11.5 Å². The zero-order valence-corrected chi connectivity index (χ0v) is 22.6. The lowest BCUT2D eigenvalue weighted by Crippen LogP contribution is -2.74. The van der Waals surface area contributed by atoms with Gasteiger partial charge in [0.05, 0.1) is 24.5 Å². The molecule has 2 aliphatic carbocycles. The number of methoxy groups -OCH3 is 1. The van der Waals surface area contributed by atoms with E-state index in [2.05, 4.69) is 4.90 Å². The molecule has 1 saturated heterocycles. The van der Waals surface area contributed by atoms with E-state index in [4.69, 9.17) is 18.9 Å². The third kappa shape index (κ3) is 4.02. The van der Waals surface area contributed by atoms with Gasteiger partial charge in [-0.25, -0.2) is 9.59 Å². The van der Waals surface area contributed by atoms with E-state index in [0.717, 1.165) is 11.1 Å². The molecule has 0 aromatic heterocycles. The number of aliphatic hydroxyl groups is 2. The van der Waals surface area contributed by atoms with Gasteiger partial charge in [-0.05, 0) is 44.1 Å². The summed E-state index contributed by atoms with van der Waals surface area (Å²) in [7, 11) is 3.52. The summed E-state index contributed by atoms with van der Waals surface area (Å²) in [5.74, 6) is -2.45. The first-order chi connectivity index (χ1) is 19.6. The zero-order chi connectivity index (χ0) is 29.1. The lowest BCUT2D eigenvalue weighted by Gasteiger charge is -2.61. The number of likely N-dealkylation sites (tertiary alicyclic amines) is 1. The Bertz CT molecular complexity index is 1440. The quantitative estimate of drug-likeness (QED) is 0.401. The van der Waals surface area contributed by atoms with Gasteiger partial charge in [-0.1, -0.05) is 36.4 Å². The first kappa shape index (κ1) is 27.3. The first-order valence-corrected chi connectivity index (χ1v) is 13.5. The SMILES string of the molecule is COc1ccc2c3c1O[C@H]1C(OC(=O)[C@@H](O)CC(=O)O[C@H](C(=O)O)c4ccccc4)=CC[C@@]4(O)[C@@H](C2)N(C)CC[C@]314. The van der Waals surface area contributed by atoms with Gasteiger partial charge in [0.2, 0.25) is 6.10 Å². The molecule has 2 aromatic rings.